The standard InChI is InChI=1S/C10H12O4S/c1-6-2-8(15-5-6)7(3-9(11)12)4-10(13)14/h2,5,7H,3-4H2,1H3,(H,11,12)(H,13,14). The van der Waals surface area contributed by atoms with Gasteiger partial charge in [-0.15, -0.1) is 11.3 Å². The molecule has 0 unspecified atom stereocenters. The summed E-state index contributed by atoms with van der Waals surface area (Å²) in [6.45, 7) is 1.90. The molecule has 0 radical (unpaired) electrons. The largest absolute Gasteiger partial charge is 0.481 e. The third kappa shape index (κ3) is 3.71. The van der Waals surface area contributed by atoms with Crippen LogP contribution in [-0.4, -0.2) is 22.2 Å². The van der Waals surface area contributed by atoms with Crippen LogP contribution in [0.15, 0.2) is 11.4 Å². The van der Waals surface area contributed by atoms with Crippen molar-refractivity contribution >= 4 is 23.3 Å². The molecule has 15 heavy (non-hydrogen) atoms. The van der Waals surface area contributed by atoms with Crippen LogP contribution in [0.5, 0.6) is 0 Å². The van der Waals surface area contributed by atoms with Gasteiger partial charge in [-0.2, -0.15) is 0 Å². The lowest BCUT2D eigenvalue weighted by molar-refractivity contribution is -0.139. The summed E-state index contributed by atoms with van der Waals surface area (Å²) in [6.07, 6.45) is -0.265. The van der Waals surface area contributed by atoms with Crippen LogP contribution in [-0.2, 0) is 9.59 Å². The molecule has 82 valence electrons. The summed E-state index contributed by atoms with van der Waals surface area (Å²) in [7, 11) is 0. The molecule has 0 spiro atoms. The predicted octanol–water partition coefficient (Wildman–Crippen LogP) is 2.09. The Morgan fingerprint density at radius 2 is 1.87 bits per heavy atom. The molecule has 5 heteroatoms. The Morgan fingerprint density at radius 3 is 2.20 bits per heavy atom. The number of hydrogen-bond acceptors (Lipinski definition) is 3. The van der Waals surface area contributed by atoms with Crippen LogP contribution in [0.1, 0.15) is 29.2 Å². The highest BCUT2D eigenvalue weighted by atomic mass is 32.1. The van der Waals surface area contributed by atoms with Crippen molar-refractivity contribution in [3.8, 4) is 0 Å². The number of aliphatic carboxylic acids is 2. The molecule has 1 aromatic rings. The second-order valence-corrected chi connectivity index (χ2v) is 4.36. The zero-order chi connectivity index (χ0) is 11.4. The van der Waals surface area contributed by atoms with Crippen LogP contribution in [0, 0.1) is 6.92 Å². The predicted molar refractivity (Wildman–Crippen MR) is 56.3 cm³/mol. The van der Waals surface area contributed by atoms with E-state index < -0.39 is 17.9 Å². The van der Waals surface area contributed by atoms with Gasteiger partial charge in [0.05, 0.1) is 12.8 Å². The highest BCUT2D eigenvalue weighted by molar-refractivity contribution is 7.10. The fraction of sp³-hybridized carbons (Fsp3) is 0.400. The van der Waals surface area contributed by atoms with Crippen molar-refractivity contribution in [2.24, 2.45) is 0 Å². The van der Waals surface area contributed by atoms with E-state index in [4.69, 9.17) is 10.2 Å². The second kappa shape index (κ2) is 4.93. The average Bonchev–Trinajstić information content (AvgIpc) is 2.48. The SMILES string of the molecule is Cc1csc(C(CC(=O)O)CC(=O)O)c1. The molecule has 4 nitrogen and oxygen atoms in total. The topological polar surface area (TPSA) is 74.6 Å². The normalized spacial score (nSPS) is 10.5. The maximum Gasteiger partial charge on any atom is 0.304 e. The van der Waals surface area contributed by atoms with Crippen LogP contribution in [0.3, 0.4) is 0 Å². The van der Waals surface area contributed by atoms with Crippen molar-refractivity contribution in [1.82, 2.24) is 0 Å². The summed E-state index contributed by atoms with van der Waals surface area (Å²) in [5.74, 6) is -2.35. The van der Waals surface area contributed by atoms with Gasteiger partial charge < -0.3 is 10.2 Å². The minimum absolute atomic E-state index is 0.133. The number of rotatable bonds is 5. The molecular formula is C10H12O4S. The van der Waals surface area contributed by atoms with Crippen LogP contribution < -0.4 is 0 Å². The van der Waals surface area contributed by atoms with Gasteiger partial charge in [-0.05, 0) is 23.9 Å². The molecule has 0 atom stereocenters. The van der Waals surface area contributed by atoms with E-state index in [0.717, 1.165) is 10.4 Å². The van der Waals surface area contributed by atoms with Gasteiger partial charge in [-0.25, -0.2) is 0 Å². The van der Waals surface area contributed by atoms with E-state index >= 15 is 0 Å². The summed E-state index contributed by atoms with van der Waals surface area (Å²) >= 11 is 1.41. The molecule has 0 aliphatic carbocycles. The fourth-order valence-corrected chi connectivity index (χ4v) is 2.37. The number of aryl methyl sites for hydroxylation is 1. The van der Waals surface area contributed by atoms with E-state index in [0.29, 0.717) is 0 Å². The van der Waals surface area contributed by atoms with Gasteiger partial charge in [0.25, 0.3) is 0 Å². The minimum Gasteiger partial charge on any atom is -0.481 e. The zero-order valence-electron chi connectivity index (χ0n) is 8.27. The first-order valence-electron chi connectivity index (χ1n) is 4.47. The Labute approximate surface area is 91.2 Å². The highest BCUT2D eigenvalue weighted by Gasteiger charge is 2.20. The summed E-state index contributed by atoms with van der Waals surface area (Å²) in [6, 6.07) is 1.85. The van der Waals surface area contributed by atoms with Crippen LogP contribution in [0.25, 0.3) is 0 Å². The first-order chi connectivity index (χ1) is 6.99. The van der Waals surface area contributed by atoms with Crippen molar-refractivity contribution in [2.45, 2.75) is 25.7 Å². The van der Waals surface area contributed by atoms with Crippen LogP contribution >= 0.6 is 11.3 Å². The maximum absolute atomic E-state index is 10.6. The summed E-state index contributed by atoms with van der Waals surface area (Å²) in [5.41, 5.74) is 1.04. The molecule has 0 aromatic carbocycles. The number of hydrogen-bond donors (Lipinski definition) is 2. The maximum atomic E-state index is 10.6. The Hall–Kier alpha value is -1.36. The fourth-order valence-electron chi connectivity index (χ4n) is 1.36. The first-order valence-corrected chi connectivity index (χ1v) is 5.35. The van der Waals surface area contributed by atoms with Crippen molar-refractivity contribution in [2.75, 3.05) is 0 Å². The molecule has 2 N–H and O–H groups in total. The molecule has 0 aliphatic rings. The zero-order valence-corrected chi connectivity index (χ0v) is 9.08. The smallest absolute Gasteiger partial charge is 0.304 e. The Bertz CT molecular complexity index is 353. The van der Waals surface area contributed by atoms with Crippen molar-refractivity contribution < 1.29 is 19.8 Å². The number of thiophene rings is 1. The van der Waals surface area contributed by atoms with Gasteiger partial charge in [0.2, 0.25) is 0 Å². The van der Waals surface area contributed by atoms with Gasteiger partial charge in [0, 0.05) is 10.8 Å². The monoisotopic (exact) mass is 228 g/mol. The molecule has 0 fully saturated rings. The van der Waals surface area contributed by atoms with Gasteiger partial charge in [-0.3, -0.25) is 9.59 Å². The highest BCUT2D eigenvalue weighted by Crippen LogP contribution is 2.29. The van der Waals surface area contributed by atoms with Gasteiger partial charge >= 0.3 is 11.9 Å². The lowest BCUT2D eigenvalue weighted by atomic mass is 9.99. The molecule has 0 bridgehead atoms. The van der Waals surface area contributed by atoms with Gasteiger partial charge in [0.1, 0.15) is 0 Å². The number of carboxylic acids is 2. The first kappa shape index (κ1) is 11.7. The lowest BCUT2D eigenvalue weighted by Crippen LogP contribution is -2.10. The second-order valence-electron chi connectivity index (χ2n) is 3.42. The van der Waals surface area contributed by atoms with E-state index in [9.17, 15) is 9.59 Å². The van der Waals surface area contributed by atoms with Crippen molar-refractivity contribution in [1.29, 1.82) is 0 Å². The van der Waals surface area contributed by atoms with Crippen LogP contribution in [0.2, 0.25) is 0 Å². The number of carbonyl (C=O) groups is 2. The minimum atomic E-state index is -0.965. The molecule has 1 rings (SSSR count). The third-order valence-electron chi connectivity index (χ3n) is 2.00. The van der Waals surface area contributed by atoms with Gasteiger partial charge in [0.15, 0.2) is 0 Å². The molecule has 0 saturated heterocycles. The molecular weight excluding hydrogens is 216 g/mol. The number of carboxylic acid groups (broad SMARTS) is 2. The Morgan fingerprint density at radius 1 is 1.33 bits per heavy atom. The summed E-state index contributed by atoms with van der Waals surface area (Å²) < 4.78 is 0. The van der Waals surface area contributed by atoms with Crippen LogP contribution in [0.4, 0.5) is 0 Å². The molecule has 0 aliphatic heterocycles. The van der Waals surface area contributed by atoms with Gasteiger partial charge in [-0.1, -0.05) is 0 Å². The van der Waals surface area contributed by atoms with Crippen molar-refractivity contribution in [3.63, 3.8) is 0 Å². The molecule has 1 heterocycles. The molecule has 1 aromatic heterocycles. The van der Waals surface area contributed by atoms with E-state index in [-0.39, 0.29) is 12.8 Å². The van der Waals surface area contributed by atoms with E-state index in [1.165, 1.54) is 11.3 Å². The van der Waals surface area contributed by atoms with E-state index in [1.54, 1.807) is 0 Å². The lowest BCUT2D eigenvalue weighted by Gasteiger charge is -2.09. The summed E-state index contributed by atoms with van der Waals surface area (Å²) in [4.78, 5) is 22.0. The summed E-state index contributed by atoms with van der Waals surface area (Å²) in [5, 5.41) is 19.2. The van der Waals surface area contributed by atoms with E-state index in [1.807, 2.05) is 18.4 Å². The molecule has 0 amide bonds. The van der Waals surface area contributed by atoms with E-state index in [2.05, 4.69) is 0 Å². The quantitative estimate of drug-likeness (QED) is 0.809. The Kier molecular flexibility index (Phi) is 3.85. The Balaban J connectivity index is 2.80. The third-order valence-corrected chi connectivity index (χ3v) is 3.21. The molecule has 0 saturated carbocycles. The van der Waals surface area contributed by atoms with Crippen molar-refractivity contribution in [3.05, 3.63) is 21.9 Å². The average molecular weight is 228 g/mol.